The van der Waals surface area contributed by atoms with Crippen LogP contribution in [-0.2, 0) is 0 Å². The zero-order valence-corrected chi connectivity index (χ0v) is 7.63. The van der Waals surface area contributed by atoms with Crippen molar-refractivity contribution in [3.63, 3.8) is 0 Å². The summed E-state index contributed by atoms with van der Waals surface area (Å²) in [6, 6.07) is 4.03. The molecule has 0 saturated heterocycles. The van der Waals surface area contributed by atoms with Gasteiger partial charge >= 0.3 is 0 Å². The predicted molar refractivity (Wildman–Crippen MR) is 50.6 cm³/mol. The van der Waals surface area contributed by atoms with Gasteiger partial charge in [-0.15, -0.1) is 0 Å². The van der Waals surface area contributed by atoms with Gasteiger partial charge in [0.25, 0.3) is 5.69 Å². The van der Waals surface area contributed by atoms with E-state index < -0.39 is 4.92 Å². The molecule has 1 rings (SSSR count). The standard InChI is InChI=1S/C8H7ClN2O2/c1-5(10)7-4-6(11(12)13)2-3-8(7)9/h2-4,10H,1H3. The molecule has 5 heteroatoms. The molecule has 0 spiro atoms. The van der Waals surface area contributed by atoms with E-state index in [1.165, 1.54) is 25.1 Å². The molecule has 4 nitrogen and oxygen atoms in total. The number of nitro groups is 1. The van der Waals surface area contributed by atoms with Crippen LogP contribution in [0, 0.1) is 15.5 Å². The molecule has 0 saturated carbocycles. The number of hydrogen-bond acceptors (Lipinski definition) is 3. The normalized spacial score (nSPS) is 9.69. The summed E-state index contributed by atoms with van der Waals surface area (Å²) in [5.74, 6) is 0. The molecule has 1 aromatic rings. The lowest BCUT2D eigenvalue weighted by Gasteiger charge is -2.00. The van der Waals surface area contributed by atoms with Crippen molar-refractivity contribution in [1.29, 1.82) is 5.41 Å². The molecule has 0 fully saturated rings. The second kappa shape index (κ2) is 3.53. The fourth-order valence-electron chi connectivity index (χ4n) is 0.914. The topological polar surface area (TPSA) is 67.0 Å². The van der Waals surface area contributed by atoms with Crippen molar-refractivity contribution in [3.8, 4) is 0 Å². The number of nitro benzene ring substituents is 1. The summed E-state index contributed by atoms with van der Waals surface area (Å²) in [4.78, 5) is 9.87. The molecular formula is C8H7ClN2O2. The Bertz CT molecular complexity index is 376. The molecule has 1 aromatic carbocycles. The van der Waals surface area contributed by atoms with Crippen LogP contribution in [0.1, 0.15) is 12.5 Å². The molecule has 1 N–H and O–H groups in total. The van der Waals surface area contributed by atoms with Crippen LogP contribution >= 0.6 is 11.6 Å². The Hall–Kier alpha value is -1.42. The minimum absolute atomic E-state index is 0.0500. The quantitative estimate of drug-likeness (QED) is 0.451. The Morgan fingerprint density at radius 3 is 2.69 bits per heavy atom. The predicted octanol–water partition coefficient (Wildman–Crippen LogP) is 2.64. The van der Waals surface area contributed by atoms with Crippen molar-refractivity contribution < 1.29 is 4.92 Å². The van der Waals surface area contributed by atoms with Crippen molar-refractivity contribution in [1.82, 2.24) is 0 Å². The summed E-state index contributed by atoms with van der Waals surface area (Å²) < 4.78 is 0. The summed E-state index contributed by atoms with van der Waals surface area (Å²) in [5, 5.41) is 18.0. The molecule has 0 unspecified atom stereocenters. The monoisotopic (exact) mass is 198 g/mol. The van der Waals surface area contributed by atoms with Crippen LogP contribution < -0.4 is 0 Å². The second-order valence-electron chi connectivity index (χ2n) is 2.55. The summed E-state index contributed by atoms with van der Waals surface area (Å²) >= 11 is 5.73. The number of non-ortho nitro benzene ring substituents is 1. The van der Waals surface area contributed by atoms with Gasteiger partial charge < -0.3 is 5.41 Å². The molecular weight excluding hydrogens is 192 g/mol. The van der Waals surface area contributed by atoms with E-state index >= 15 is 0 Å². The molecule has 13 heavy (non-hydrogen) atoms. The van der Waals surface area contributed by atoms with Crippen molar-refractivity contribution in [3.05, 3.63) is 38.9 Å². The van der Waals surface area contributed by atoms with E-state index in [0.29, 0.717) is 10.6 Å². The van der Waals surface area contributed by atoms with E-state index in [2.05, 4.69) is 0 Å². The highest BCUT2D eigenvalue weighted by Crippen LogP contribution is 2.22. The number of nitrogens with one attached hydrogen (secondary N) is 1. The third kappa shape index (κ3) is 2.03. The van der Waals surface area contributed by atoms with Crippen LogP contribution in [0.5, 0.6) is 0 Å². The third-order valence-electron chi connectivity index (χ3n) is 1.56. The number of rotatable bonds is 2. The first-order valence-corrected chi connectivity index (χ1v) is 3.89. The molecule has 0 heterocycles. The first-order valence-electron chi connectivity index (χ1n) is 3.52. The highest BCUT2D eigenvalue weighted by Gasteiger charge is 2.10. The highest BCUT2D eigenvalue weighted by molar-refractivity contribution is 6.34. The van der Waals surface area contributed by atoms with Gasteiger partial charge in [-0.25, -0.2) is 0 Å². The number of hydrogen-bond donors (Lipinski definition) is 1. The zero-order valence-electron chi connectivity index (χ0n) is 6.87. The van der Waals surface area contributed by atoms with Crippen molar-refractivity contribution in [2.75, 3.05) is 0 Å². The smallest absolute Gasteiger partial charge is 0.270 e. The van der Waals surface area contributed by atoms with Crippen LogP contribution in [0.4, 0.5) is 5.69 Å². The van der Waals surface area contributed by atoms with E-state index in [0.717, 1.165) is 0 Å². The first-order chi connectivity index (χ1) is 6.02. The van der Waals surface area contributed by atoms with Gasteiger partial charge in [0.05, 0.1) is 9.95 Å². The SMILES string of the molecule is CC(=N)c1cc([N+](=O)[O-])ccc1Cl. The average Bonchev–Trinajstić information content (AvgIpc) is 2.04. The maximum atomic E-state index is 10.4. The summed E-state index contributed by atoms with van der Waals surface area (Å²) in [7, 11) is 0. The summed E-state index contributed by atoms with van der Waals surface area (Å²) in [5.41, 5.74) is 0.565. The number of halogens is 1. The van der Waals surface area contributed by atoms with Crippen LogP contribution in [0.25, 0.3) is 0 Å². The van der Waals surface area contributed by atoms with Crippen LogP contribution in [0.3, 0.4) is 0 Å². The van der Waals surface area contributed by atoms with Gasteiger partial charge in [-0.05, 0) is 13.0 Å². The van der Waals surface area contributed by atoms with Gasteiger partial charge in [-0.1, -0.05) is 11.6 Å². The molecule has 0 radical (unpaired) electrons. The van der Waals surface area contributed by atoms with Gasteiger partial charge in [-0.2, -0.15) is 0 Å². The molecule has 0 aliphatic heterocycles. The lowest BCUT2D eigenvalue weighted by molar-refractivity contribution is -0.384. The fourth-order valence-corrected chi connectivity index (χ4v) is 1.17. The van der Waals surface area contributed by atoms with E-state index in [1.54, 1.807) is 0 Å². The lowest BCUT2D eigenvalue weighted by Crippen LogP contribution is -1.96. The molecule has 0 aliphatic carbocycles. The Balaban J connectivity index is 3.27. The van der Waals surface area contributed by atoms with Gasteiger partial charge in [0.1, 0.15) is 0 Å². The Labute approximate surface area is 79.8 Å². The molecule has 0 aliphatic rings. The summed E-state index contributed by atoms with van der Waals surface area (Å²) in [6.07, 6.45) is 0. The second-order valence-corrected chi connectivity index (χ2v) is 2.95. The first kappa shape index (κ1) is 9.67. The Morgan fingerprint density at radius 1 is 1.62 bits per heavy atom. The molecule has 0 amide bonds. The van der Waals surface area contributed by atoms with E-state index in [-0.39, 0.29) is 11.4 Å². The van der Waals surface area contributed by atoms with Crippen LogP contribution in [0.15, 0.2) is 18.2 Å². The van der Waals surface area contributed by atoms with Gasteiger partial charge in [0.15, 0.2) is 0 Å². The lowest BCUT2D eigenvalue weighted by atomic mass is 10.1. The molecule has 0 aromatic heterocycles. The van der Waals surface area contributed by atoms with Crippen molar-refractivity contribution >= 4 is 23.0 Å². The number of nitrogens with zero attached hydrogens (tertiary/aromatic N) is 1. The number of benzene rings is 1. The van der Waals surface area contributed by atoms with Crippen molar-refractivity contribution in [2.24, 2.45) is 0 Å². The molecule has 0 atom stereocenters. The minimum atomic E-state index is -0.511. The Morgan fingerprint density at radius 2 is 2.23 bits per heavy atom. The molecule has 68 valence electrons. The van der Waals surface area contributed by atoms with E-state index in [9.17, 15) is 10.1 Å². The molecule has 0 bridgehead atoms. The largest absolute Gasteiger partial charge is 0.305 e. The summed E-state index contributed by atoms with van der Waals surface area (Å²) in [6.45, 7) is 1.53. The fraction of sp³-hybridized carbons (Fsp3) is 0.125. The van der Waals surface area contributed by atoms with E-state index in [4.69, 9.17) is 17.0 Å². The zero-order chi connectivity index (χ0) is 10.0. The van der Waals surface area contributed by atoms with Gasteiger partial charge in [0.2, 0.25) is 0 Å². The van der Waals surface area contributed by atoms with E-state index in [1.807, 2.05) is 0 Å². The maximum Gasteiger partial charge on any atom is 0.270 e. The van der Waals surface area contributed by atoms with Gasteiger partial charge in [-0.3, -0.25) is 10.1 Å². The maximum absolute atomic E-state index is 10.4. The third-order valence-corrected chi connectivity index (χ3v) is 1.89. The van der Waals surface area contributed by atoms with Crippen LogP contribution in [-0.4, -0.2) is 10.6 Å². The Kier molecular flexibility index (Phi) is 2.63. The van der Waals surface area contributed by atoms with Gasteiger partial charge in [0, 0.05) is 23.4 Å². The minimum Gasteiger partial charge on any atom is -0.305 e. The van der Waals surface area contributed by atoms with Crippen molar-refractivity contribution in [2.45, 2.75) is 6.92 Å². The highest BCUT2D eigenvalue weighted by atomic mass is 35.5. The van der Waals surface area contributed by atoms with Crippen LogP contribution in [0.2, 0.25) is 5.02 Å². The average molecular weight is 199 g/mol.